The molecule has 1 aliphatic rings. The Hall–Kier alpha value is -0.120. The highest BCUT2D eigenvalue weighted by Crippen LogP contribution is 2.12. The fourth-order valence-corrected chi connectivity index (χ4v) is 1.85. The number of ether oxygens (including phenoxy) is 1. The van der Waals surface area contributed by atoms with Crippen molar-refractivity contribution in [3.63, 3.8) is 0 Å². The summed E-state index contributed by atoms with van der Waals surface area (Å²) in [6, 6.07) is 0.519. The Bertz CT molecular complexity index is 126. The highest BCUT2D eigenvalue weighted by Gasteiger charge is 2.31. The fourth-order valence-electron chi connectivity index (χ4n) is 1.85. The van der Waals surface area contributed by atoms with Crippen LogP contribution in [0.5, 0.6) is 0 Å². The monoisotopic (exact) mass is 171 g/mol. The van der Waals surface area contributed by atoms with Crippen molar-refractivity contribution in [3.8, 4) is 0 Å². The largest absolute Gasteiger partial charge is 0.378 e. The summed E-state index contributed by atoms with van der Waals surface area (Å²) in [6.07, 6.45) is 0.324. The van der Waals surface area contributed by atoms with Gasteiger partial charge in [-0.15, -0.1) is 0 Å². The van der Waals surface area contributed by atoms with Crippen LogP contribution < -0.4 is 5.32 Å². The molecule has 0 bridgehead atoms. The van der Waals surface area contributed by atoms with Crippen LogP contribution >= 0.6 is 0 Å². The zero-order valence-electron chi connectivity index (χ0n) is 8.29. The molecule has 3 heteroatoms. The predicted molar refractivity (Wildman–Crippen MR) is 49.4 cm³/mol. The van der Waals surface area contributed by atoms with Crippen LogP contribution in [0.2, 0.25) is 0 Å². The Morgan fingerprint density at radius 2 is 2.00 bits per heavy atom. The number of nitrogens with zero attached hydrogens (tertiary/aromatic N) is 2. The van der Waals surface area contributed by atoms with Crippen LogP contribution in [0.1, 0.15) is 13.8 Å². The van der Waals surface area contributed by atoms with Gasteiger partial charge in [-0.2, -0.15) is 0 Å². The summed E-state index contributed by atoms with van der Waals surface area (Å²) in [6.45, 7) is 8.38. The Morgan fingerprint density at radius 3 is 2.50 bits per heavy atom. The van der Waals surface area contributed by atoms with Gasteiger partial charge in [0.2, 0.25) is 0 Å². The van der Waals surface area contributed by atoms with Crippen molar-refractivity contribution in [3.05, 3.63) is 0 Å². The lowest BCUT2D eigenvalue weighted by Crippen LogP contribution is -2.43. The second-order valence-corrected chi connectivity index (χ2v) is 3.15. The molecular formula is C9H19N2O. The highest BCUT2D eigenvalue weighted by atomic mass is 16.5. The maximum absolute atomic E-state index is 5.37. The van der Waals surface area contributed by atoms with Crippen LogP contribution in [0, 0.1) is 0 Å². The highest BCUT2D eigenvalue weighted by molar-refractivity contribution is 4.88. The third-order valence-corrected chi connectivity index (χ3v) is 2.64. The first-order valence-corrected chi connectivity index (χ1v) is 4.73. The van der Waals surface area contributed by atoms with Crippen molar-refractivity contribution in [1.82, 2.24) is 10.2 Å². The average molecular weight is 171 g/mol. The van der Waals surface area contributed by atoms with E-state index in [-0.39, 0.29) is 0 Å². The van der Waals surface area contributed by atoms with Gasteiger partial charge in [-0.1, -0.05) is 13.8 Å². The van der Waals surface area contributed by atoms with Gasteiger partial charge in [0.1, 0.15) is 0 Å². The normalized spacial score (nSPS) is 30.0. The summed E-state index contributed by atoms with van der Waals surface area (Å²) in [5.74, 6) is 0. The molecule has 12 heavy (non-hydrogen) atoms. The summed E-state index contributed by atoms with van der Waals surface area (Å²) in [5.41, 5.74) is 0. The van der Waals surface area contributed by atoms with Gasteiger partial charge in [-0.3, -0.25) is 4.90 Å². The van der Waals surface area contributed by atoms with E-state index in [0.29, 0.717) is 12.1 Å². The fraction of sp³-hybridized carbons (Fsp3) is 1.00. The molecule has 0 spiro atoms. The van der Waals surface area contributed by atoms with Crippen LogP contribution in [0.25, 0.3) is 0 Å². The van der Waals surface area contributed by atoms with Gasteiger partial charge in [-0.25, -0.2) is 5.32 Å². The molecule has 1 saturated heterocycles. The molecule has 0 N–H and O–H groups in total. The van der Waals surface area contributed by atoms with Gasteiger partial charge in [0.05, 0.1) is 12.1 Å². The van der Waals surface area contributed by atoms with Crippen molar-refractivity contribution < 1.29 is 4.74 Å². The predicted octanol–water partition coefficient (Wildman–Crippen LogP) is 0.330. The van der Waals surface area contributed by atoms with E-state index in [9.17, 15) is 0 Å². The van der Waals surface area contributed by atoms with Crippen LogP contribution in [-0.4, -0.2) is 50.3 Å². The van der Waals surface area contributed by atoms with E-state index in [1.807, 2.05) is 0 Å². The first-order chi connectivity index (χ1) is 5.83. The first-order valence-electron chi connectivity index (χ1n) is 4.73. The van der Waals surface area contributed by atoms with E-state index >= 15 is 0 Å². The lowest BCUT2D eigenvalue weighted by Gasteiger charge is -2.29. The third kappa shape index (κ3) is 1.97. The molecule has 1 radical (unpaired) electrons. The summed E-state index contributed by atoms with van der Waals surface area (Å²) in [4.78, 5) is 2.42. The molecule has 3 nitrogen and oxygen atoms in total. The summed E-state index contributed by atoms with van der Waals surface area (Å²) in [5, 5.41) is 4.37. The lowest BCUT2D eigenvalue weighted by atomic mass is 10.2. The molecular weight excluding hydrogens is 152 g/mol. The molecule has 0 aliphatic carbocycles. The molecule has 2 unspecified atom stereocenters. The van der Waals surface area contributed by atoms with Gasteiger partial charge < -0.3 is 4.74 Å². The number of hydrogen-bond acceptors (Lipinski definition) is 2. The van der Waals surface area contributed by atoms with Crippen molar-refractivity contribution in [1.29, 1.82) is 0 Å². The molecule has 0 aromatic rings. The maximum Gasteiger partial charge on any atom is 0.0880 e. The Morgan fingerprint density at radius 1 is 1.33 bits per heavy atom. The van der Waals surface area contributed by atoms with Crippen LogP contribution in [0.15, 0.2) is 0 Å². The molecule has 2 atom stereocenters. The molecule has 0 aromatic heterocycles. The molecule has 0 amide bonds. The second-order valence-electron chi connectivity index (χ2n) is 3.15. The van der Waals surface area contributed by atoms with E-state index in [0.717, 1.165) is 26.2 Å². The molecule has 0 saturated carbocycles. The van der Waals surface area contributed by atoms with E-state index in [1.54, 1.807) is 7.11 Å². The first kappa shape index (κ1) is 9.96. The summed E-state index contributed by atoms with van der Waals surface area (Å²) >= 11 is 0. The molecule has 1 aliphatic heterocycles. The molecule has 0 aromatic carbocycles. The number of rotatable bonds is 4. The van der Waals surface area contributed by atoms with Crippen molar-refractivity contribution in [2.24, 2.45) is 0 Å². The smallest absolute Gasteiger partial charge is 0.0880 e. The quantitative estimate of drug-likeness (QED) is 0.609. The molecule has 71 valence electrons. The lowest BCUT2D eigenvalue weighted by molar-refractivity contribution is 0.0482. The number of methoxy groups -OCH3 is 1. The Labute approximate surface area is 75.1 Å². The summed E-state index contributed by atoms with van der Waals surface area (Å²) in [7, 11) is 1.78. The molecule has 1 rings (SSSR count). The minimum Gasteiger partial charge on any atom is -0.378 e. The van der Waals surface area contributed by atoms with Gasteiger partial charge in [0, 0.05) is 20.2 Å². The minimum absolute atomic E-state index is 0.324. The van der Waals surface area contributed by atoms with E-state index in [1.165, 1.54) is 0 Å². The van der Waals surface area contributed by atoms with Gasteiger partial charge in [0.15, 0.2) is 0 Å². The SMILES string of the molecule is CCN(CC)C1C[N]CC1OC. The average Bonchev–Trinajstić information content (AvgIpc) is 2.55. The van der Waals surface area contributed by atoms with Crippen LogP contribution in [-0.2, 0) is 4.74 Å². The van der Waals surface area contributed by atoms with Crippen molar-refractivity contribution in [2.45, 2.75) is 26.0 Å². The van der Waals surface area contributed by atoms with E-state index in [2.05, 4.69) is 24.1 Å². The van der Waals surface area contributed by atoms with E-state index < -0.39 is 0 Å². The van der Waals surface area contributed by atoms with Gasteiger partial charge >= 0.3 is 0 Å². The number of likely N-dealkylation sites (N-methyl/N-ethyl adjacent to an activating group) is 1. The minimum atomic E-state index is 0.324. The topological polar surface area (TPSA) is 26.6 Å². The third-order valence-electron chi connectivity index (χ3n) is 2.64. The van der Waals surface area contributed by atoms with Crippen molar-refractivity contribution >= 4 is 0 Å². The number of hydrogen-bond donors (Lipinski definition) is 0. The zero-order chi connectivity index (χ0) is 8.97. The molecule has 1 fully saturated rings. The standard InChI is InChI=1S/C9H19N2O/c1-4-11(5-2)8-6-10-7-9(8)12-3/h8-9H,4-7H2,1-3H3. The molecule has 1 heterocycles. The van der Waals surface area contributed by atoms with E-state index in [4.69, 9.17) is 4.74 Å². The van der Waals surface area contributed by atoms with Crippen LogP contribution in [0.3, 0.4) is 0 Å². The van der Waals surface area contributed by atoms with Crippen molar-refractivity contribution in [2.75, 3.05) is 33.3 Å². The van der Waals surface area contributed by atoms with Gasteiger partial charge in [0.25, 0.3) is 0 Å². The maximum atomic E-state index is 5.37. The second kappa shape index (κ2) is 4.80. The summed E-state index contributed by atoms with van der Waals surface area (Å²) < 4.78 is 5.37. The Kier molecular flexibility index (Phi) is 3.98. The van der Waals surface area contributed by atoms with Crippen LogP contribution in [0.4, 0.5) is 0 Å². The van der Waals surface area contributed by atoms with Gasteiger partial charge in [-0.05, 0) is 13.1 Å². The zero-order valence-corrected chi connectivity index (χ0v) is 8.29. The Balaban J connectivity index is 2.47.